The number of hydrogen-bond acceptors (Lipinski definition) is 5. The van der Waals surface area contributed by atoms with Crippen LogP contribution < -0.4 is 5.32 Å². The molecule has 0 spiro atoms. The van der Waals surface area contributed by atoms with Crippen LogP contribution in [0.25, 0.3) is 0 Å². The molecular weight excluding hydrogens is 286 g/mol. The van der Waals surface area contributed by atoms with Crippen molar-refractivity contribution in [1.29, 1.82) is 0 Å². The summed E-state index contributed by atoms with van der Waals surface area (Å²) in [6.07, 6.45) is 1.23. The number of likely N-dealkylation sites (N-methyl/N-ethyl adjacent to an activating group) is 1. The number of β-amino-alcohol motifs (C(OH)–C–C–N with tert-alkyl or cyclic N) is 1. The summed E-state index contributed by atoms with van der Waals surface area (Å²) in [6, 6.07) is 2.97. The van der Waals surface area contributed by atoms with Gasteiger partial charge in [-0.2, -0.15) is 0 Å². The number of carbonyl (C=O) groups excluding carboxylic acids is 2. The van der Waals surface area contributed by atoms with Crippen molar-refractivity contribution < 1.29 is 19.1 Å². The Labute approximate surface area is 129 Å². The van der Waals surface area contributed by atoms with E-state index in [1.54, 1.807) is 12.3 Å². The second-order valence-corrected chi connectivity index (χ2v) is 5.82. The third kappa shape index (κ3) is 3.66. The van der Waals surface area contributed by atoms with E-state index in [9.17, 15) is 14.7 Å². The highest BCUT2D eigenvalue weighted by Crippen LogP contribution is 2.20. The predicted octanol–water partition coefficient (Wildman–Crippen LogP) is -0.0198. The van der Waals surface area contributed by atoms with E-state index in [-0.39, 0.29) is 30.8 Å². The lowest BCUT2D eigenvalue weighted by Crippen LogP contribution is -2.47. The van der Waals surface area contributed by atoms with E-state index in [1.165, 1.54) is 11.8 Å². The van der Waals surface area contributed by atoms with Crippen molar-refractivity contribution in [2.45, 2.75) is 31.5 Å². The van der Waals surface area contributed by atoms with Crippen molar-refractivity contribution in [3.8, 4) is 0 Å². The molecule has 2 heterocycles. The first-order valence-corrected chi connectivity index (χ1v) is 7.33. The number of nitrogens with one attached hydrogen (secondary N) is 1. The number of hydrogen-bond donors (Lipinski definition) is 2. The van der Waals surface area contributed by atoms with E-state index < -0.39 is 12.1 Å². The molecule has 22 heavy (non-hydrogen) atoms. The number of carbonyl (C=O) groups is 2. The lowest BCUT2D eigenvalue weighted by molar-refractivity contribution is -0.137. The van der Waals surface area contributed by atoms with E-state index in [1.807, 2.05) is 25.1 Å². The number of likely N-dealkylation sites (tertiary alicyclic amines) is 1. The number of amides is 2. The maximum atomic E-state index is 12.3. The van der Waals surface area contributed by atoms with Gasteiger partial charge in [0.2, 0.25) is 11.8 Å². The van der Waals surface area contributed by atoms with Gasteiger partial charge in [0.25, 0.3) is 0 Å². The highest BCUT2D eigenvalue weighted by atomic mass is 16.3. The van der Waals surface area contributed by atoms with Gasteiger partial charge in [-0.15, -0.1) is 0 Å². The Morgan fingerprint density at radius 1 is 1.55 bits per heavy atom. The van der Waals surface area contributed by atoms with Crippen LogP contribution in [-0.2, 0) is 9.59 Å². The van der Waals surface area contributed by atoms with Crippen LogP contribution in [0, 0.1) is 0 Å². The topological polar surface area (TPSA) is 86.0 Å². The molecule has 7 nitrogen and oxygen atoms in total. The van der Waals surface area contributed by atoms with Crippen molar-refractivity contribution >= 4 is 11.8 Å². The highest BCUT2D eigenvalue weighted by Gasteiger charge is 2.37. The summed E-state index contributed by atoms with van der Waals surface area (Å²) < 4.78 is 5.39. The van der Waals surface area contributed by atoms with Crippen molar-refractivity contribution in [3.63, 3.8) is 0 Å². The molecule has 1 aromatic rings. The minimum absolute atomic E-state index is 0.0870. The first-order chi connectivity index (χ1) is 10.4. The van der Waals surface area contributed by atoms with Gasteiger partial charge in [-0.05, 0) is 26.2 Å². The van der Waals surface area contributed by atoms with Gasteiger partial charge in [0, 0.05) is 26.4 Å². The van der Waals surface area contributed by atoms with Crippen LogP contribution in [0.5, 0.6) is 0 Å². The zero-order chi connectivity index (χ0) is 16.3. The molecule has 2 N–H and O–H groups in total. The number of aliphatic hydroxyl groups is 1. The van der Waals surface area contributed by atoms with Gasteiger partial charge in [-0.3, -0.25) is 14.5 Å². The standard InChI is InChI=1S/C15H23N3O4/c1-10(19)18-9-11(20)7-12(18)15(21)16-8-13(17(2)3)14-5-4-6-22-14/h4-6,11-13,20H,7-9H2,1-3H3,(H,16,21)/t11-,12+,13-/m0/s1. The molecule has 0 aromatic carbocycles. The lowest BCUT2D eigenvalue weighted by Gasteiger charge is -2.25. The fourth-order valence-electron chi connectivity index (χ4n) is 2.74. The fourth-order valence-corrected chi connectivity index (χ4v) is 2.74. The molecule has 122 valence electrons. The molecule has 3 atom stereocenters. The molecule has 7 heteroatoms. The number of nitrogens with zero attached hydrogens (tertiary/aromatic N) is 2. The average molecular weight is 309 g/mol. The third-order valence-electron chi connectivity index (χ3n) is 3.95. The van der Waals surface area contributed by atoms with E-state index in [0.29, 0.717) is 6.54 Å². The van der Waals surface area contributed by atoms with Crippen LogP contribution in [0.3, 0.4) is 0 Å². The minimum atomic E-state index is -0.644. The number of aliphatic hydroxyl groups excluding tert-OH is 1. The molecule has 1 fully saturated rings. The fraction of sp³-hybridized carbons (Fsp3) is 0.600. The summed E-state index contributed by atoms with van der Waals surface area (Å²) in [5, 5.41) is 12.5. The zero-order valence-corrected chi connectivity index (χ0v) is 13.2. The van der Waals surface area contributed by atoms with Gasteiger partial charge >= 0.3 is 0 Å². The summed E-state index contributed by atoms with van der Waals surface area (Å²) in [5.41, 5.74) is 0. The normalized spacial score (nSPS) is 22.9. The average Bonchev–Trinajstić information content (AvgIpc) is 3.07. The Morgan fingerprint density at radius 3 is 2.82 bits per heavy atom. The van der Waals surface area contributed by atoms with Crippen molar-refractivity contribution in [2.24, 2.45) is 0 Å². The molecule has 1 aromatic heterocycles. The maximum absolute atomic E-state index is 12.3. The maximum Gasteiger partial charge on any atom is 0.242 e. The van der Waals surface area contributed by atoms with Crippen molar-refractivity contribution in [1.82, 2.24) is 15.1 Å². The molecule has 1 aliphatic rings. The molecule has 1 saturated heterocycles. The first-order valence-electron chi connectivity index (χ1n) is 7.33. The van der Waals surface area contributed by atoms with Crippen LogP contribution >= 0.6 is 0 Å². The summed E-state index contributed by atoms with van der Waals surface area (Å²) >= 11 is 0. The second kappa shape index (κ2) is 6.93. The molecule has 1 aliphatic heterocycles. The second-order valence-electron chi connectivity index (χ2n) is 5.82. The number of rotatable bonds is 5. The number of furan rings is 1. The largest absolute Gasteiger partial charge is 0.468 e. The van der Waals surface area contributed by atoms with Crippen LogP contribution in [0.4, 0.5) is 0 Å². The molecule has 0 radical (unpaired) electrons. The van der Waals surface area contributed by atoms with E-state index in [0.717, 1.165) is 5.76 Å². The Kier molecular flexibility index (Phi) is 5.20. The van der Waals surface area contributed by atoms with Gasteiger partial charge in [0.1, 0.15) is 11.8 Å². The van der Waals surface area contributed by atoms with E-state index >= 15 is 0 Å². The Morgan fingerprint density at radius 2 is 2.27 bits per heavy atom. The monoisotopic (exact) mass is 309 g/mol. The van der Waals surface area contributed by atoms with Gasteiger partial charge in [-0.25, -0.2) is 0 Å². The summed E-state index contributed by atoms with van der Waals surface area (Å²) in [6.45, 7) is 1.99. The molecular formula is C15H23N3O4. The van der Waals surface area contributed by atoms with Gasteiger partial charge < -0.3 is 19.7 Å². The third-order valence-corrected chi connectivity index (χ3v) is 3.95. The molecule has 2 amide bonds. The molecule has 2 rings (SSSR count). The lowest BCUT2D eigenvalue weighted by atomic mass is 10.1. The van der Waals surface area contributed by atoms with E-state index in [2.05, 4.69) is 5.32 Å². The molecule has 0 bridgehead atoms. The highest BCUT2D eigenvalue weighted by molar-refractivity contribution is 5.87. The molecule has 0 saturated carbocycles. The zero-order valence-electron chi connectivity index (χ0n) is 13.2. The first kappa shape index (κ1) is 16.5. The van der Waals surface area contributed by atoms with Crippen molar-refractivity contribution in [2.75, 3.05) is 27.2 Å². The van der Waals surface area contributed by atoms with Gasteiger partial charge in [0.05, 0.1) is 18.4 Å². The Bertz CT molecular complexity index is 515. The Balaban J connectivity index is 1.98. The SMILES string of the molecule is CC(=O)N1C[C@@H](O)C[C@@H]1C(=O)NC[C@@H](c1ccco1)N(C)C. The van der Waals surface area contributed by atoms with Crippen LogP contribution in [-0.4, -0.2) is 66.1 Å². The van der Waals surface area contributed by atoms with Gasteiger partial charge in [0.15, 0.2) is 0 Å². The van der Waals surface area contributed by atoms with Crippen molar-refractivity contribution in [3.05, 3.63) is 24.2 Å². The summed E-state index contributed by atoms with van der Waals surface area (Å²) in [5.74, 6) is 0.317. The molecule has 0 aliphatic carbocycles. The molecule has 0 unspecified atom stereocenters. The summed E-state index contributed by atoms with van der Waals surface area (Å²) in [7, 11) is 3.81. The smallest absolute Gasteiger partial charge is 0.242 e. The van der Waals surface area contributed by atoms with Crippen LogP contribution in [0.1, 0.15) is 25.1 Å². The predicted molar refractivity (Wildman–Crippen MR) is 79.9 cm³/mol. The van der Waals surface area contributed by atoms with Crippen LogP contribution in [0.15, 0.2) is 22.8 Å². The van der Waals surface area contributed by atoms with E-state index in [4.69, 9.17) is 4.42 Å². The van der Waals surface area contributed by atoms with Crippen LogP contribution in [0.2, 0.25) is 0 Å². The minimum Gasteiger partial charge on any atom is -0.468 e. The summed E-state index contributed by atoms with van der Waals surface area (Å²) in [4.78, 5) is 27.3. The quantitative estimate of drug-likeness (QED) is 0.798. The Hall–Kier alpha value is -1.86. The van der Waals surface area contributed by atoms with Gasteiger partial charge in [-0.1, -0.05) is 0 Å².